The van der Waals surface area contributed by atoms with Gasteiger partial charge in [0, 0.05) is 17.5 Å². The number of ether oxygens (including phenoxy) is 1. The Hall–Kier alpha value is -1.02. The molecule has 0 bridgehead atoms. The Morgan fingerprint density at radius 2 is 1.89 bits per heavy atom. The van der Waals surface area contributed by atoms with Crippen molar-refractivity contribution >= 4 is 0 Å². The molecule has 2 nitrogen and oxygen atoms in total. The van der Waals surface area contributed by atoms with Crippen molar-refractivity contribution in [3.8, 4) is 5.75 Å². The van der Waals surface area contributed by atoms with Crippen LogP contribution in [0.2, 0.25) is 0 Å². The molecule has 0 aromatic heterocycles. The Morgan fingerprint density at radius 1 is 1.21 bits per heavy atom. The van der Waals surface area contributed by atoms with Crippen LogP contribution in [0.15, 0.2) is 18.2 Å². The Labute approximate surface area is 117 Å². The predicted molar refractivity (Wildman–Crippen MR) is 80.9 cm³/mol. The number of nitrogens with two attached hydrogens (primary N) is 1. The summed E-state index contributed by atoms with van der Waals surface area (Å²) < 4.78 is 5.59. The Balaban J connectivity index is 2.53. The molecule has 0 heterocycles. The van der Waals surface area contributed by atoms with Crippen molar-refractivity contribution in [1.82, 2.24) is 0 Å². The highest BCUT2D eigenvalue weighted by Crippen LogP contribution is 2.44. The van der Waals surface area contributed by atoms with Crippen LogP contribution in [0.4, 0.5) is 0 Å². The molecule has 0 aliphatic heterocycles. The summed E-state index contributed by atoms with van der Waals surface area (Å²) in [5.41, 5.74) is 9.16. The van der Waals surface area contributed by atoms with E-state index in [1.54, 1.807) is 7.11 Å². The van der Waals surface area contributed by atoms with E-state index in [1.807, 2.05) is 0 Å². The molecule has 19 heavy (non-hydrogen) atoms. The molecule has 1 aliphatic rings. The third-order valence-electron chi connectivity index (χ3n) is 4.64. The summed E-state index contributed by atoms with van der Waals surface area (Å²) in [5, 5.41) is 0. The van der Waals surface area contributed by atoms with Crippen molar-refractivity contribution in [2.45, 2.75) is 57.3 Å². The second-order valence-electron chi connectivity index (χ2n) is 6.12. The lowest BCUT2D eigenvalue weighted by Crippen LogP contribution is -2.38. The largest absolute Gasteiger partial charge is 0.496 e. The fourth-order valence-corrected chi connectivity index (χ4v) is 3.59. The fraction of sp³-hybridized carbons (Fsp3) is 0.647. The fourth-order valence-electron chi connectivity index (χ4n) is 3.59. The lowest BCUT2D eigenvalue weighted by Gasteiger charge is -2.39. The van der Waals surface area contributed by atoms with Crippen molar-refractivity contribution in [1.29, 1.82) is 0 Å². The van der Waals surface area contributed by atoms with E-state index in [0.717, 1.165) is 12.3 Å². The van der Waals surface area contributed by atoms with E-state index in [-0.39, 0.29) is 5.41 Å². The van der Waals surface area contributed by atoms with Gasteiger partial charge in [-0.1, -0.05) is 45.2 Å². The predicted octanol–water partition coefficient (Wildman–Crippen LogP) is 3.98. The molecular formula is C17H27NO. The standard InChI is InChI=1S/C17H27NO/c1-13(2)16-14(8-7-9-15(16)19-3)17(12-18)10-5-4-6-11-17/h7-9,13H,4-6,10-12,18H2,1-3H3. The summed E-state index contributed by atoms with van der Waals surface area (Å²) >= 11 is 0. The van der Waals surface area contributed by atoms with Gasteiger partial charge in [-0.25, -0.2) is 0 Å². The molecule has 0 radical (unpaired) electrons. The van der Waals surface area contributed by atoms with E-state index >= 15 is 0 Å². The van der Waals surface area contributed by atoms with Crippen LogP contribution in [-0.4, -0.2) is 13.7 Å². The lowest BCUT2D eigenvalue weighted by molar-refractivity contribution is 0.296. The molecule has 0 amide bonds. The van der Waals surface area contributed by atoms with Crippen LogP contribution in [0.25, 0.3) is 0 Å². The third kappa shape index (κ3) is 2.64. The summed E-state index contributed by atoms with van der Waals surface area (Å²) in [6.07, 6.45) is 6.38. The molecule has 1 saturated carbocycles. The van der Waals surface area contributed by atoms with Gasteiger partial charge in [0.1, 0.15) is 5.75 Å². The first kappa shape index (κ1) is 14.4. The molecule has 106 valence electrons. The maximum Gasteiger partial charge on any atom is 0.122 e. The van der Waals surface area contributed by atoms with Gasteiger partial charge in [-0.3, -0.25) is 0 Å². The van der Waals surface area contributed by atoms with Crippen LogP contribution in [0, 0.1) is 0 Å². The second kappa shape index (κ2) is 5.96. The van der Waals surface area contributed by atoms with Crippen molar-refractivity contribution in [2.75, 3.05) is 13.7 Å². The highest BCUT2D eigenvalue weighted by atomic mass is 16.5. The average molecular weight is 261 g/mol. The molecule has 2 N–H and O–H groups in total. The monoisotopic (exact) mass is 261 g/mol. The minimum Gasteiger partial charge on any atom is -0.496 e. The molecule has 1 aromatic carbocycles. The van der Waals surface area contributed by atoms with Gasteiger partial charge in [0.2, 0.25) is 0 Å². The minimum atomic E-state index is 0.173. The summed E-state index contributed by atoms with van der Waals surface area (Å²) in [4.78, 5) is 0. The number of hydrogen-bond donors (Lipinski definition) is 1. The van der Waals surface area contributed by atoms with Gasteiger partial charge in [0.25, 0.3) is 0 Å². The van der Waals surface area contributed by atoms with E-state index < -0.39 is 0 Å². The Morgan fingerprint density at radius 3 is 2.42 bits per heavy atom. The Kier molecular flexibility index (Phi) is 4.51. The van der Waals surface area contributed by atoms with E-state index in [4.69, 9.17) is 10.5 Å². The highest BCUT2D eigenvalue weighted by Gasteiger charge is 2.35. The average Bonchev–Trinajstić information content (AvgIpc) is 2.46. The second-order valence-corrected chi connectivity index (χ2v) is 6.12. The summed E-state index contributed by atoms with van der Waals surface area (Å²) in [6.45, 7) is 5.24. The zero-order valence-corrected chi connectivity index (χ0v) is 12.5. The van der Waals surface area contributed by atoms with Gasteiger partial charge in [-0.15, -0.1) is 0 Å². The molecule has 0 spiro atoms. The van der Waals surface area contributed by atoms with Crippen LogP contribution in [0.3, 0.4) is 0 Å². The van der Waals surface area contributed by atoms with Gasteiger partial charge < -0.3 is 10.5 Å². The van der Waals surface area contributed by atoms with Crippen molar-refractivity contribution in [3.05, 3.63) is 29.3 Å². The van der Waals surface area contributed by atoms with Crippen LogP contribution in [0.5, 0.6) is 5.75 Å². The smallest absolute Gasteiger partial charge is 0.122 e. The van der Waals surface area contributed by atoms with Crippen LogP contribution < -0.4 is 10.5 Å². The van der Waals surface area contributed by atoms with Gasteiger partial charge in [-0.05, 0) is 30.4 Å². The topological polar surface area (TPSA) is 35.2 Å². The van der Waals surface area contributed by atoms with Gasteiger partial charge >= 0.3 is 0 Å². The van der Waals surface area contributed by atoms with Gasteiger partial charge in [-0.2, -0.15) is 0 Å². The molecular weight excluding hydrogens is 234 g/mol. The van der Waals surface area contributed by atoms with E-state index in [0.29, 0.717) is 5.92 Å². The number of rotatable bonds is 4. The molecule has 1 fully saturated rings. The molecule has 0 unspecified atom stereocenters. The van der Waals surface area contributed by atoms with Crippen molar-refractivity contribution in [3.63, 3.8) is 0 Å². The maximum absolute atomic E-state index is 6.19. The summed E-state index contributed by atoms with van der Waals surface area (Å²) in [7, 11) is 1.76. The number of methoxy groups -OCH3 is 1. The summed E-state index contributed by atoms with van der Waals surface area (Å²) in [6, 6.07) is 6.47. The SMILES string of the molecule is COc1cccc(C2(CN)CCCCC2)c1C(C)C. The third-order valence-corrected chi connectivity index (χ3v) is 4.64. The molecule has 0 saturated heterocycles. The van der Waals surface area contributed by atoms with Crippen LogP contribution in [-0.2, 0) is 5.41 Å². The summed E-state index contributed by atoms with van der Waals surface area (Å²) in [5.74, 6) is 1.49. The first-order chi connectivity index (χ1) is 9.14. The maximum atomic E-state index is 6.19. The van der Waals surface area contributed by atoms with Crippen molar-refractivity contribution in [2.24, 2.45) is 5.73 Å². The first-order valence-electron chi connectivity index (χ1n) is 7.52. The molecule has 1 aromatic rings. The minimum absolute atomic E-state index is 0.173. The first-order valence-corrected chi connectivity index (χ1v) is 7.52. The molecule has 2 heteroatoms. The normalized spacial score (nSPS) is 18.6. The zero-order valence-electron chi connectivity index (χ0n) is 12.5. The quantitative estimate of drug-likeness (QED) is 0.889. The van der Waals surface area contributed by atoms with Gasteiger partial charge in [0.05, 0.1) is 7.11 Å². The molecule has 1 aliphatic carbocycles. The lowest BCUT2D eigenvalue weighted by atomic mass is 9.67. The highest BCUT2D eigenvalue weighted by molar-refractivity contribution is 5.46. The number of benzene rings is 1. The van der Waals surface area contributed by atoms with E-state index in [2.05, 4.69) is 32.0 Å². The van der Waals surface area contributed by atoms with Crippen LogP contribution >= 0.6 is 0 Å². The molecule has 0 atom stereocenters. The molecule has 2 rings (SSSR count). The Bertz CT molecular complexity index is 419. The van der Waals surface area contributed by atoms with E-state index in [1.165, 1.54) is 43.2 Å². The van der Waals surface area contributed by atoms with Gasteiger partial charge in [0.15, 0.2) is 0 Å². The zero-order chi connectivity index (χ0) is 13.9. The van der Waals surface area contributed by atoms with Crippen LogP contribution in [0.1, 0.15) is 63.0 Å². The number of hydrogen-bond acceptors (Lipinski definition) is 2. The van der Waals surface area contributed by atoms with Crippen molar-refractivity contribution < 1.29 is 4.74 Å². The van der Waals surface area contributed by atoms with E-state index in [9.17, 15) is 0 Å².